The predicted molar refractivity (Wildman–Crippen MR) is 134 cm³/mol. The minimum absolute atomic E-state index is 0.0105. The van der Waals surface area contributed by atoms with Crippen LogP contribution in [0.2, 0.25) is 5.02 Å². The third kappa shape index (κ3) is 5.63. The maximum absolute atomic E-state index is 13.1. The van der Waals surface area contributed by atoms with Crippen LogP contribution in [0.1, 0.15) is 40.0 Å². The van der Waals surface area contributed by atoms with Crippen LogP contribution in [0.25, 0.3) is 0 Å². The number of halogens is 1. The summed E-state index contributed by atoms with van der Waals surface area (Å²) >= 11 is 6.21. The number of sulfonamides is 1. The van der Waals surface area contributed by atoms with Crippen molar-refractivity contribution in [1.82, 2.24) is 5.32 Å². The minimum atomic E-state index is -4.03. The van der Waals surface area contributed by atoms with Gasteiger partial charge >= 0.3 is 0 Å². The number of ether oxygens (including phenoxy) is 2. The molecule has 3 aromatic rings. The first-order valence-corrected chi connectivity index (χ1v) is 12.3. The van der Waals surface area contributed by atoms with Crippen molar-refractivity contribution >= 4 is 33.2 Å². The fourth-order valence-corrected chi connectivity index (χ4v) is 5.17. The van der Waals surface area contributed by atoms with Gasteiger partial charge in [0.2, 0.25) is 0 Å². The molecule has 0 aromatic heterocycles. The first-order valence-electron chi connectivity index (χ1n) is 10.5. The number of methoxy groups -OCH3 is 2. The van der Waals surface area contributed by atoms with Gasteiger partial charge in [-0.2, -0.15) is 0 Å². The van der Waals surface area contributed by atoms with Crippen LogP contribution in [0.3, 0.4) is 0 Å². The monoisotopic (exact) mass is 502 g/mol. The Bertz CT molecular complexity index is 1320. The van der Waals surface area contributed by atoms with Crippen molar-refractivity contribution in [2.24, 2.45) is 0 Å². The number of aryl methyl sites for hydroxylation is 2. The highest BCUT2D eigenvalue weighted by molar-refractivity contribution is 7.92. The van der Waals surface area contributed by atoms with E-state index in [2.05, 4.69) is 10.0 Å². The van der Waals surface area contributed by atoms with Gasteiger partial charge in [-0.05, 0) is 68.8 Å². The largest absolute Gasteiger partial charge is 0.497 e. The third-order valence-corrected chi connectivity index (χ3v) is 7.21. The summed E-state index contributed by atoms with van der Waals surface area (Å²) in [6.45, 7) is 5.53. The Balaban J connectivity index is 1.87. The van der Waals surface area contributed by atoms with Gasteiger partial charge in [-0.25, -0.2) is 8.42 Å². The number of amides is 1. The summed E-state index contributed by atoms with van der Waals surface area (Å²) in [5.74, 6) is 0.747. The van der Waals surface area contributed by atoms with Crippen LogP contribution >= 0.6 is 11.6 Å². The standard InChI is InChI=1S/C25H27ClN2O5S/c1-15-6-10-22(16(2)12-15)28-34(30,31)24-13-18(7-9-21(24)26)25(29)27-17(3)20-14-19(32-4)8-11-23(20)33-5/h6-14,17,28H,1-5H3,(H,27,29)/t17-/m1/s1. The number of nitrogens with one attached hydrogen (secondary N) is 2. The summed E-state index contributed by atoms with van der Waals surface area (Å²) in [5.41, 5.74) is 3.09. The van der Waals surface area contributed by atoms with Gasteiger partial charge < -0.3 is 14.8 Å². The smallest absolute Gasteiger partial charge is 0.263 e. The van der Waals surface area contributed by atoms with Crippen LogP contribution in [0.15, 0.2) is 59.5 Å². The van der Waals surface area contributed by atoms with Crippen molar-refractivity contribution in [2.75, 3.05) is 18.9 Å². The number of carbonyl (C=O) groups is 1. The van der Waals surface area contributed by atoms with Crippen LogP contribution in [0.5, 0.6) is 11.5 Å². The van der Waals surface area contributed by atoms with Crippen molar-refractivity contribution in [1.29, 1.82) is 0 Å². The fraction of sp³-hybridized carbons (Fsp3) is 0.240. The van der Waals surface area contributed by atoms with E-state index in [1.54, 1.807) is 45.4 Å². The molecule has 0 aliphatic heterocycles. The average Bonchev–Trinajstić information content (AvgIpc) is 2.80. The summed E-state index contributed by atoms with van der Waals surface area (Å²) in [4.78, 5) is 12.8. The van der Waals surface area contributed by atoms with Gasteiger partial charge in [0, 0.05) is 11.1 Å². The van der Waals surface area contributed by atoms with E-state index in [-0.39, 0.29) is 15.5 Å². The van der Waals surface area contributed by atoms with Gasteiger partial charge in [0.1, 0.15) is 16.4 Å². The van der Waals surface area contributed by atoms with Crippen molar-refractivity contribution in [3.05, 3.63) is 81.9 Å². The normalized spacial score (nSPS) is 12.1. The predicted octanol–water partition coefficient (Wildman–Crippen LogP) is 5.27. The average molecular weight is 503 g/mol. The maximum Gasteiger partial charge on any atom is 0.263 e. The Morgan fingerprint density at radius 2 is 1.71 bits per heavy atom. The Labute approximate surface area is 205 Å². The first kappa shape index (κ1) is 25.4. The van der Waals surface area contributed by atoms with Gasteiger partial charge in [-0.3, -0.25) is 9.52 Å². The lowest BCUT2D eigenvalue weighted by molar-refractivity contribution is 0.0939. The molecular formula is C25H27ClN2O5S. The van der Waals surface area contributed by atoms with E-state index < -0.39 is 22.0 Å². The van der Waals surface area contributed by atoms with E-state index in [4.69, 9.17) is 21.1 Å². The number of anilines is 1. The minimum Gasteiger partial charge on any atom is -0.497 e. The maximum atomic E-state index is 13.1. The summed E-state index contributed by atoms with van der Waals surface area (Å²) in [6.07, 6.45) is 0. The van der Waals surface area contributed by atoms with Crippen molar-refractivity contribution < 1.29 is 22.7 Å². The molecule has 0 spiro atoms. The lowest BCUT2D eigenvalue weighted by Crippen LogP contribution is -2.27. The zero-order chi connectivity index (χ0) is 25.0. The highest BCUT2D eigenvalue weighted by Crippen LogP contribution is 2.30. The van der Waals surface area contributed by atoms with E-state index in [0.717, 1.165) is 11.1 Å². The van der Waals surface area contributed by atoms with Crippen LogP contribution in [0, 0.1) is 13.8 Å². The second-order valence-corrected chi connectivity index (χ2v) is 9.93. The van der Waals surface area contributed by atoms with E-state index in [1.165, 1.54) is 18.2 Å². The summed E-state index contributed by atoms with van der Waals surface area (Å²) in [5, 5.41) is 2.88. The summed E-state index contributed by atoms with van der Waals surface area (Å²) in [7, 11) is -0.941. The van der Waals surface area contributed by atoms with Crippen molar-refractivity contribution in [2.45, 2.75) is 31.7 Å². The number of rotatable bonds is 8. The molecule has 0 fully saturated rings. The van der Waals surface area contributed by atoms with Gasteiger partial charge in [-0.15, -0.1) is 0 Å². The molecule has 0 unspecified atom stereocenters. The number of hydrogen-bond donors (Lipinski definition) is 2. The van der Waals surface area contributed by atoms with Crippen molar-refractivity contribution in [3.8, 4) is 11.5 Å². The van der Waals surface area contributed by atoms with E-state index in [1.807, 2.05) is 26.0 Å². The quantitative estimate of drug-likeness (QED) is 0.438. The second-order valence-electron chi connectivity index (χ2n) is 7.87. The van der Waals surface area contributed by atoms with Gasteiger partial charge in [0.25, 0.3) is 15.9 Å². The van der Waals surface area contributed by atoms with Gasteiger partial charge in [-0.1, -0.05) is 29.3 Å². The molecule has 0 saturated heterocycles. The van der Waals surface area contributed by atoms with Crippen LogP contribution < -0.4 is 19.5 Å². The molecule has 0 radical (unpaired) electrons. The van der Waals surface area contributed by atoms with Crippen LogP contribution in [-0.2, 0) is 10.0 Å². The Morgan fingerprint density at radius 3 is 2.35 bits per heavy atom. The Hall–Kier alpha value is -3.23. The van der Waals surface area contributed by atoms with E-state index >= 15 is 0 Å². The van der Waals surface area contributed by atoms with Gasteiger partial charge in [0.05, 0.1) is 31.0 Å². The van der Waals surface area contributed by atoms with Gasteiger partial charge in [0.15, 0.2) is 0 Å². The van der Waals surface area contributed by atoms with Crippen LogP contribution in [-0.4, -0.2) is 28.5 Å². The molecule has 0 heterocycles. The molecule has 0 bridgehead atoms. The van der Waals surface area contributed by atoms with Crippen LogP contribution in [0.4, 0.5) is 5.69 Å². The molecule has 34 heavy (non-hydrogen) atoms. The summed E-state index contributed by atoms with van der Waals surface area (Å²) < 4.78 is 39.4. The lowest BCUT2D eigenvalue weighted by atomic mass is 10.1. The Morgan fingerprint density at radius 1 is 0.971 bits per heavy atom. The van der Waals surface area contributed by atoms with E-state index in [0.29, 0.717) is 22.7 Å². The molecule has 1 amide bonds. The summed E-state index contributed by atoms with van der Waals surface area (Å²) in [6, 6.07) is 14.3. The molecule has 0 saturated carbocycles. The molecule has 3 rings (SSSR count). The number of benzene rings is 3. The molecular weight excluding hydrogens is 476 g/mol. The molecule has 180 valence electrons. The lowest BCUT2D eigenvalue weighted by Gasteiger charge is -2.19. The zero-order valence-electron chi connectivity index (χ0n) is 19.6. The molecule has 3 aromatic carbocycles. The Kier molecular flexibility index (Phi) is 7.74. The fourth-order valence-electron chi connectivity index (χ4n) is 3.51. The second kappa shape index (κ2) is 10.4. The molecule has 0 aliphatic carbocycles. The molecule has 1 atom stereocenters. The number of carbonyl (C=O) groups excluding carboxylic acids is 1. The molecule has 9 heteroatoms. The SMILES string of the molecule is COc1ccc(OC)c([C@@H](C)NC(=O)c2ccc(Cl)c(S(=O)(=O)Nc3ccc(C)cc3C)c2)c1. The zero-order valence-corrected chi connectivity index (χ0v) is 21.2. The molecule has 2 N–H and O–H groups in total. The van der Waals surface area contributed by atoms with Crippen molar-refractivity contribution in [3.63, 3.8) is 0 Å². The highest BCUT2D eigenvalue weighted by Gasteiger charge is 2.22. The number of hydrogen-bond acceptors (Lipinski definition) is 5. The highest BCUT2D eigenvalue weighted by atomic mass is 35.5. The van der Waals surface area contributed by atoms with E-state index in [9.17, 15) is 13.2 Å². The molecule has 7 nitrogen and oxygen atoms in total. The topological polar surface area (TPSA) is 93.7 Å². The third-order valence-electron chi connectivity index (χ3n) is 5.36. The molecule has 0 aliphatic rings. The first-order chi connectivity index (χ1) is 16.1.